The Balaban J connectivity index is 3.35. The molecule has 0 aromatic heterocycles. The molecule has 0 aliphatic rings. The van der Waals surface area contributed by atoms with Gasteiger partial charge in [0.05, 0.1) is 0 Å². The lowest BCUT2D eigenvalue weighted by Gasteiger charge is -2.30. The highest BCUT2D eigenvalue weighted by Crippen LogP contribution is 2.32. The van der Waals surface area contributed by atoms with Gasteiger partial charge in [-0.25, -0.2) is 0 Å². The summed E-state index contributed by atoms with van der Waals surface area (Å²) in [6.45, 7) is 6.03. The van der Waals surface area contributed by atoms with Crippen LogP contribution in [0.5, 0.6) is 0 Å². The Kier molecular flexibility index (Phi) is 5.10. The summed E-state index contributed by atoms with van der Waals surface area (Å²) in [5.74, 6) is -1.44. The molecule has 0 aliphatic heterocycles. The number of carbonyl (C=O) groups is 2. The average molecular weight is 263 g/mol. The lowest BCUT2D eigenvalue weighted by atomic mass is 9.73. The highest BCUT2D eigenvalue weighted by molar-refractivity contribution is 6.08. The SMILES string of the molecule is CCNC(=O)C(CC(C)C)(C(=O)O)c1ccccc1. The van der Waals surface area contributed by atoms with Gasteiger partial charge >= 0.3 is 5.97 Å². The zero-order chi connectivity index (χ0) is 14.5. The van der Waals surface area contributed by atoms with E-state index in [0.717, 1.165) is 0 Å². The predicted octanol–water partition coefficient (Wildman–Crippen LogP) is 2.19. The number of rotatable bonds is 6. The van der Waals surface area contributed by atoms with Gasteiger partial charge in [0.2, 0.25) is 5.91 Å². The number of aliphatic carboxylic acids is 1. The molecule has 1 aromatic carbocycles. The Hall–Kier alpha value is -1.84. The Morgan fingerprint density at radius 1 is 1.26 bits per heavy atom. The van der Waals surface area contributed by atoms with E-state index < -0.39 is 17.3 Å². The number of benzene rings is 1. The standard InChI is InChI=1S/C15H21NO3/c1-4-16-13(17)15(14(18)19,10-11(2)3)12-8-6-5-7-9-12/h5-9,11H,4,10H2,1-3H3,(H,16,17)(H,18,19). The van der Waals surface area contributed by atoms with Crippen molar-refractivity contribution in [3.63, 3.8) is 0 Å². The second kappa shape index (κ2) is 6.36. The summed E-state index contributed by atoms with van der Waals surface area (Å²) in [5, 5.41) is 12.3. The van der Waals surface area contributed by atoms with Crippen molar-refractivity contribution in [1.82, 2.24) is 5.32 Å². The third-order valence-corrected chi connectivity index (χ3v) is 3.07. The molecule has 0 spiro atoms. The van der Waals surface area contributed by atoms with Crippen LogP contribution in [-0.4, -0.2) is 23.5 Å². The molecule has 1 unspecified atom stereocenters. The van der Waals surface area contributed by atoms with Crippen LogP contribution < -0.4 is 5.32 Å². The van der Waals surface area contributed by atoms with Crippen LogP contribution >= 0.6 is 0 Å². The van der Waals surface area contributed by atoms with Gasteiger partial charge in [-0.1, -0.05) is 44.2 Å². The van der Waals surface area contributed by atoms with E-state index in [-0.39, 0.29) is 12.3 Å². The minimum atomic E-state index is -1.51. The van der Waals surface area contributed by atoms with Gasteiger partial charge < -0.3 is 10.4 Å². The highest BCUT2D eigenvalue weighted by Gasteiger charge is 2.47. The number of amides is 1. The summed E-state index contributed by atoms with van der Waals surface area (Å²) in [4.78, 5) is 24.2. The molecule has 0 bridgehead atoms. The molecule has 0 saturated carbocycles. The Labute approximate surface area is 113 Å². The van der Waals surface area contributed by atoms with E-state index in [4.69, 9.17) is 0 Å². The van der Waals surface area contributed by atoms with Gasteiger partial charge in [0, 0.05) is 6.54 Å². The van der Waals surface area contributed by atoms with Crippen LogP contribution in [0.3, 0.4) is 0 Å². The minimum Gasteiger partial charge on any atom is -0.480 e. The topological polar surface area (TPSA) is 66.4 Å². The molecular weight excluding hydrogens is 242 g/mol. The van der Waals surface area contributed by atoms with Crippen molar-refractivity contribution >= 4 is 11.9 Å². The third kappa shape index (κ3) is 3.13. The highest BCUT2D eigenvalue weighted by atomic mass is 16.4. The molecule has 1 amide bonds. The van der Waals surface area contributed by atoms with Gasteiger partial charge in [-0.3, -0.25) is 9.59 Å². The van der Waals surface area contributed by atoms with Crippen molar-refractivity contribution in [3.8, 4) is 0 Å². The predicted molar refractivity (Wildman–Crippen MR) is 73.9 cm³/mol. The van der Waals surface area contributed by atoms with Crippen molar-refractivity contribution in [2.45, 2.75) is 32.6 Å². The van der Waals surface area contributed by atoms with E-state index in [1.807, 2.05) is 19.9 Å². The second-order valence-electron chi connectivity index (χ2n) is 5.03. The van der Waals surface area contributed by atoms with Crippen LogP contribution in [0.4, 0.5) is 0 Å². The number of likely N-dealkylation sites (N-methyl/N-ethyl adjacent to an activating group) is 1. The fourth-order valence-electron chi connectivity index (χ4n) is 2.30. The summed E-state index contributed by atoms with van der Waals surface area (Å²) in [6.07, 6.45) is 0.276. The fraction of sp³-hybridized carbons (Fsp3) is 0.467. The van der Waals surface area contributed by atoms with Crippen molar-refractivity contribution in [2.24, 2.45) is 5.92 Å². The van der Waals surface area contributed by atoms with Crippen LogP contribution in [0, 0.1) is 5.92 Å². The summed E-state index contributed by atoms with van der Waals surface area (Å²) in [6, 6.07) is 8.72. The largest absolute Gasteiger partial charge is 0.480 e. The molecule has 4 heteroatoms. The molecule has 19 heavy (non-hydrogen) atoms. The normalized spacial score (nSPS) is 13.9. The van der Waals surface area contributed by atoms with Crippen molar-refractivity contribution in [3.05, 3.63) is 35.9 Å². The van der Waals surface area contributed by atoms with Crippen LogP contribution in [0.1, 0.15) is 32.8 Å². The molecule has 0 radical (unpaired) electrons. The van der Waals surface area contributed by atoms with E-state index in [2.05, 4.69) is 5.32 Å². The zero-order valence-corrected chi connectivity index (χ0v) is 11.6. The van der Waals surface area contributed by atoms with E-state index in [9.17, 15) is 14.7 Å². The van der Waals surface area contributed by atoms with Gasteiger partial charge in [0.15, 0.2) is 5.41 Å². The molecule has 1 rings (SSSR count). The van der Waals surface area contributed by atoms with Crippen molar-refractivity contribution in [1.29, 1.82) is 0 Å². The van der Waals surface area contributed by atoms with Gasteiger partial charge in [-0.15, -0.1) is 0 Å². The molecule has 0 fully saturated rings. The maximum atomic E-state index is 12.4. The lowest BCUT2D eigenvalue weighted by Crippen LogP contribution is -2.51. The lowest BCUT2D eigenvalue weighted by molar-refractivity contribution is -0.150. The first kappa shape index (κ1) is 15.2. The second-order valence-corrected chi connectivity index (χ2v) is 5.03. The van der Waals surface area contributed by atoms with Gasteiger partial charge in [0.1, 0.15) is 0 Å². The molecule has 0 saturated heterocycles. The third-order valence-electron chi connectivity index (χ3n) is 3.07. The van der Waals surface area contributed by atoms with Gasteiger partial charge in [0.25, 0.3) is 0 Å². The zero-order valence-electron chi connectivity index (χ0n) is 11.6. The number of carbonyl (C=O) groups excluding carboxylic acids is 1. The quantitative estimate of drug-likeness (QED) is 0.773. The maximum absolute atomic E-state index is 12.4. The first-order valence-electron chi connectivity index (χ1n) is 6.52. The van der Waals surface area contributed by atoms with E-state index in [1.54, 1.807) is 31.2 Å². The monoisotopic (exact) mass is 263 g/mol. The van der Waals surface area contributed by atoms with Gasteiger partial charge in [-0.05, 0) is 24.8 Å². The summed E-state index contributed by atoms with van der Waals surface area (Å²) < 4.78 is 0. The van der Waals surface area contributed by atoms with Crippen molar-refractivity contribution in [2.75, 3.05) is 6.54 Å². The Morgan fingerprint density at radius 3 is 2.26 bits per heavy atom. The molecule has 104 valence electrons. The number of hydrogen-bond donors (Lipinski definition) is 2. The van der Waals surface area contributed by atoms with Crippen LogP contribution in [0.15, 0.2) is 30.3 Å². The van der Waals surface area contributed by atoms with Crippen molar-refractivity contribution < 1.29 is 14.7 Å². The van der Waals surface area contributed by atoms with E-state index in [0.29, 0.717) is 12.1 Å². The molecule has 2 N–H and O–H groups in total. The van der Waals surface area contributed by atoms with E-state index >= 15 is 0 Å². The summed E-state index contributed by atoms with van der Waals surface area (Å²) >= 11 is 0. The van der Waals surface area contributed by atoms with Crippen LogP contribution in [0.25, 0.3) is 0 Å². The van der Waals surface area contributed by atoms with Crippen LogP contribution in [-0.2, 0) is 15.0 Å². The first-order valence-corrected chi connectivity index (χ1v) is 6.52. The minimum absolute atomic E-state index is 0.0962. The molecule has 0 heterocycles. The number of hydrogen-bond acceptors (Lipinski definition) is 2. The molecule has 1 aromatic rings. The Morgan fingerprint density at radius 2 is 1.84 bits per heavy atom. The molecule has 1 atom stereocenters. The van der Waals surface area contributed by atoms with Gasteiger partial charge in [-0.2, -0.15) is 0 Å². The first-order chi connectivity index (χ1) is 8.95. The van der Waals surface area contributed by atoms with Crippen LogP contribution in [0.2, 0.25) is 0 Å². The van der Waals surface area contributed by atoms with E-state index in [1.165, 1.54) is 0 Å². The molecular formula is C15H21NO3. The average Bonchev–Trinajstić information content (AvgIpc) is 2.36. The summed E-state index contributed by atoms with van der Waals surface area (Å²) in [5.41, 5.74) is -0.979. The smallest absolute Gasteiger partial charge is 0.323 e. The summed E-state index contributed by atoms with van der Waals surface area (Å²) in [7, 11) is 0. The maximum Gasteiger partial charge on any atom is 0.323 e. The number of carboxylic acid groups (broad SMARTS) is 1. The molecule has 4 nitrogen and oxygen atoms in total. The Bertz CT molecular complexity index is 442. The molecule has 0 aliphatic carbocycles. The number of nitrogens with one attached hydrogen (secondary N) is 1. The fourth-order valence-corrected chi connectivity index (χ4v) is 2.30. The number of carboxylic acids is 1.